The number of benzene rings is 1. The van der Waals surface area contributed by atoms with Crippen molar-refractivity contribution in [2.75, 3.05) is 0 Å². The number of aliphatic imine (C=N–C) groups is 1. The third-order valence-electron chi connectivity index (χ3n) is 3.99. The van der Waals surface area contributed by atoms with Crippen molar-refractivity contribution in [3.05, 3.63) is 41.6 Å². The summed E-state index contributed by atoms with van der Waals surface area (Å²) in [7, 11) is 0. The minimum absolute atomic E-state index is 0.151. The Bertz CT molecular complexity index is 870. The van der Waals surface area contributed by atoms with E-state index in [0.29, 0.717) is 6.42 Å². The van der Waals surface area contributed by atoms with Crippen LogP contribution in [-0.2, 0) is 4.79 Å². The number of aromatic amines is 1. The molecule has 0 unspecified atom stereocenters. The van der Waals surface area contributed by atoms with Gasteiger partial charge in [-0.05, 0) is 11.6 Å². The summed E-state index contributed by atoms with van der Waals surface area (Å²) in [6.45, 7) is 6.09. The molecular weight excluding hydrogens is 274 g/mol. The zero-order chi connectivity index (χ0) is 15.9. The van der Waals surface area contributed by atoms with Gasteiger partial charge in [-0.25, -0.2) is 4.99 Å². The highest BCUT2D eigenvalue weighted by Gasteiger charge is 2.30. The molecule has 1 N–H and O–H groups in total. The average molecular weight is 291 g/mol. The van der Waals surface area contributed by atoms with Gasteiger partial charge in [0.15, 0.2) is 0 Å². The molecule has 0 radical (unpaired) electrons. The number of carbonyl (C=O) groups excluding carboxylic acids is 1. The molecule has 1 amide bonds. The number of allylic oxidation sites excluding steroid dienone is 1. The lowest BCUT2D eigenvalue weighted by atomic mass is 9.81. The number of dihydropyridines is 1. The molecule has 0 fully saturated rings. The second-order valence-electron chi connectivity index (χ2n) is 6.50. The molecule has 22 heavy (non-hydrogen) atoms. The van der Waals surface area contributed by atoms with E-state index in [1.165, 1.54) is 0 Å². The quantitative estimate of drug-likeness (QED) is 0.866. The van der Waals surface area contributed by atoms with Gasteiger partial charge < -0.3 is 4.98 Å². The van der Waals surface area contributed by atoms with Gasteiger partial charge in [-0.15, -0.1) is 0 Å². The molecule has 2 heterocycles. The number of amides is 1. The Balaban J connectivity index is 2.19. The summed E-state index contributed by atoms with van der Waals surface area (Å²) in [6.07, 6.45) is 2.40. The summed E-state index contributed by atoms with van der Waals surface area (Å²) in [6, 6.07) is 9.92. The molecule has 1 aromatic heterocycles. The Kier molecular flexibility index (Phi) is 3.22. The van der Waals surface area contributed by atoms with E-state index < -0.39 is 5.91 Å². The molecule has 4 nitrogen and oxygen atoms in total. The van der Waals surface area contributed by atoms with Crippen LogP contribution in [0, 0.1) is 16.7 Å². The van der Waals surface area contributed by atoms with Gasteiger partial charge in [0, 0.05) is 40.2 Å². The number of hydrogen-bond acceptors (Lipinski definition) is 2. The van der Waals surface area contributed by atoms with E-state index >= 15 is 0 Å². The lowest BCUT2D eigenvalue weighted by molar-refractivity contribution is -0.114. The summed E-state index contributed by atoms with van der Waals surface area (Å²) < 4.78 is 0. The summed E-state index contributed by atoms with van der Waals surface area (Å²) in [5, 5.41) is 10.4. The maximum absolute atomic E-state index is 12.2. The second-order valence-corrected chi connectivity index (χ2v) is 6.50. The van der Waals surface area contributed by atoms with Gasteiger partial charge >= 0.3 is 0 Å². The van der Waals surface area contributed by atoms with E-state index in [9.17, 15) is 10.1 Å². The van der Waals surface area contributed by atoms with Crippen LogP contribution in [0.5, 0.6) is 0 Å². The van der Waals surface area contributed by atoms with Crippen molar-refractivity contribution in [3.63, 3.8) is 0 Å². The minimum Gasteiger partial charge on any atom is -0.361 e. The maximum Gasteiger partial charge on any atom is 0.287 e. The van der Waals surface area contributed by atoms with Gasteiger partial charge in [0.1, 0.15) is 11.6 Å². The fourth-order valence-corrected chi connectivity index (χ4v) is 2.70. The van der Waals surface area contributed by atoms with Crippen molar-refractivity contribution < 1.29 is 4.79 Å². The van der Waals surface area contributed by atoms with Gasteiger partial charge in [0.2, 0.25) is 0 Å². The Morgan fingerprint density at radius 3 is 2.68 bits per heavy atom. The number of nitrogens with zero attached hydrogens (tertiary/aromatic N) is 2. The Morgan fingerprint density at radius 1 is 1.27 bits per heavy atom. The monoisotopic (exact) mass is 291 g/mol. The van der Waals surface area contributed by atoms with E-state index in [1.807, 2.05) is 57.3 Å². The van der Waals surface area contributed by atoms with Crippen LogP contribution in [-0.4, -0.2) is 16.6 Å². The molecule has 0 saturated carbocycles. The van der Waals surface area contributed by atoms with Crippen molar-refractivity contribution in [1.29, 1.82) is 5.26 Å². The van der Waals surface area contributed by atoms with Crippen LogP contribution in [0.2, 0.25) is 0 Å². The van der Waals surface area contributed by atoms with Gasteiger partial charge in [-0.2, -0.15) is 5.26 Å². The highest BCUT2D eigenvalue weighted by atomic mass is 16.1. The normalized spacial score (nSPS) is 15.9. The predicted molar refractivity (Wildman–Crippen MR) is 87.3 cm³/mol. The van der Waals surface area contributed by atoms with E-state index in [1.54, 1.807) is 0 Å². The highest BCUT2D eigenvalue weighted by molar-refractivity contribution is 6.19. The topological polar surface area (TPSA) is 69.0 Å². The smallest absolute Gasteiger partial charge is 0.287 e. The third-order valence-corrected chi connectivity index (χ3v) is 3.99. The van der Waals surface area contributed by atoms with Gasteiger partial charge in [0.25, 0.3) is 5.91 Å². The number of aromatic nitrogens is 1. The van der Waals surface area contributed by atoms with E-state index in [2.05, 4.69) is 9.98 Å². The van der Waals surface area contributed by atoms with Gasteiger partial charge in [0.05, 0.1) is 0 Å². The van der Waals surface area contributed by atoms with E-state index in [-0.39, 0.29) is 11.0 Å². The number of nitrogens with one attached hydrogen (secondary N) is 1. The molecule has 1 aliphatic rings. The van der Waals surface area contributed by atoms with Gasteiger partial charge in [-0.3, -0.25) is 4.79 Å². The fraction of sp³-hybridized carbons (Fsp3) is 0.278. The lowest BCUT2D eigenvalue weighted by Gasteiger charge is -2.25. The zero-order valence-electron chi connectivity index (χ0n) is 12.9. The number of carbonyl (C=O) groups is 1. The van der Waals surface area contributed by atoms with Crippen LogP contribution in [0.3, 0.4) is 0 Å². The molecule has 0 atom stereocenters. The predicted octanol–water partition coefficient (Wildman–Crippen LogP) is 3.86. The maximum atomic E-state index is 12.2. The van der Waals surface area contributed by atoms with Crippen molar-refractivity contribution in [3.8, 4) is 6.07 Å². The number of nitriles is 1. The molecule has 0 aliphatic carbocycles. The van der Waals surface area contributed by atoms with Crippen LogP contribution < -0.4 is 0 Å². The number of H-pyrrole nitrogens is 1. The Labute approximate surface area is 129 Å². The molecule has 0 bridgehead atoms. The van der Waals surface area contributed by atoms with Crippen molar-refractivity contribution in [1.82, 2.24) is 4.98 Å². The van der Waals surface area contributed by atoms with Crippen molar-refractivity contribution >= 4 is 28.1 Å². The van der Waals surface area contributed by atoms with Crippen LogP contribution >= 0.6 is 0 Å². The van der Waals surface area contributed by atoms with Crippen LogP contribution in [0.1, 0.15) is 32.8 Å². The summed E-state index contributed by atoms with van der Waals surface area (Å²) in [5.41, 5.74) is 3.44. The molecule has 4 heteroatoms. The zero-order valence-corrected chi connectivity index (χ0v) is 12.9. The lowest BCUT2D eigenvalue weighted by Crippen LogP contribution is -2.26. The largest absolute Gasteiger partial charge is 0.361 e. The van der Waals surface area contributed by atoms with E-state index in [4.69, 9.17) is 0 Å². The van der Waals surface area contributed by atoms with Gasteiger partial charge in [-0.1, -0.05) is 39.0 Å². The SMILES string of the molecule is CC(C)(C)C1=NC(=O)C(C#N)=C(c2c[nH]c3ccccc23)C1. The average Bonchev–Trinajstić information content (AvgIpc) is 2.89. The fourth-order valence-electron chi connectivity index (χ4n) is 2.70. The summed E-state index contributed by atoms with van der Waals surface area (Å²) in [5.74, 6) is -0.432. The third kappa shape index (κ3) is 2.25. The first kappa shape index (κ1) is 14.3. The first-order valence-corrected chi connectivity index (χ1v) is 7.24. The standard InChI is InChI=1S/C18H17N3O/c1-18(2,3)16-8-12(13(9-19)17(22)21-16)14-10-20-15-7-5-4-6-11(14)15/h4-7,10,20H,8H2,1-3H3. The molecule has 1 aliphatic heterocycles. The number of fused-ring (bicyclic) bond motifs is 1. The molecule has 3 rings (SSSR count). The van der Waals surface area contributed by atoms with Crippen molar-refractivity contribution in [2.24, 2.45) is 10.4 Å². The van der Waals surface area contributed by atoms with Crippen LogP contribution in [0.25, 0.3) is 16.5 Å². The van der Waals surface area contributed by atoms with Crippen LogP contribution in [0.15, 0.2) is 41.0 Å². The molecule has 0 spiro atoms. The number of rotatable bonds is 1. The summed E-state index contributed by atoms with van der Waals surface area (Å²) >= 11 is 0. The number of para-hydroxylation sites is 1. The molecule has 1 aromatic carbocycles. The molecular formula is C18H17N3O. The van der Waals surface area contributed by atoms with Crippen molar-refractivity contribution in [2.45, 2.75) is 27.2 Å². The highest BCUT2D eigenvalue weighted by Crippen LogP contribution is 2.35. The van der Waals surface area contributed by atoms with E-state index in [0.717, 1.165) is 27.8 Å². The minimum atomic E-state index is -0.432. The first-order valence-electron chi connectivity index (χ1n) is 7.24. The Hall–Kier alpha value is -2.67. The molecule has 0 saturated heterocycles. The first-order chi connectivity index (χ1) is 10.4. The molecule has 110 valence electrons. The summed E-state index contributed by atoms with van der Waals surface area (Å²) in [4.78, 5) is 19.6. The Morgan fingerprint density at radius 2 is 2.00 bits per heavy atom. The molecule has 2 aromatic rings. The van der Waals surface area contributed by atoms with Crippen LogP contribution in [0.4, 0.5) is 0 Å². The second kappa shape index (κ2) is 4.96. The number of hydrogen-bond donors (Lipinski definition) is 1.